The topological polar surface area (TPSA) is 55.4 Å². The van der Waals surface area contributed by atoms with Gasteiger partial charge in [0.1, 0.15) is 10.6 Å². The van der Waals surface area contributed by atoms with Crippen molar-refractivity contribution < 1.29 is 14.3 Å². The molecule has 1 amide bonds. The van der Waals surface area contributed by atoms with E-state index in [-0.39, 0.29) is 12.5 Å². The van der Waals surface area contributed by atoms with Gasteiger partial charge in [-0.3, -0.25) is 4.79 Å². The number of halogens is 1. The lowest BCUT2D eigenvalue weighted by molar-refractivity contribution is -0.111. The van der Waals surface area contributed by atoms with Gasteiger partial charge in [-0.15, -0.1) is 11.3 Å². The first-order valence-corrected chi connectivity index (χ1v) is 9.93. The Bertz CT molecular complexity index is 994. The molecular weight excluding hydrogens is 394 g/mol. The lowest BCUT2D eigenvalue weighted by Gasteiger charge is -2.08. The summed E-state index contributed by atoms with van der Waals surface area (Å²) in [5, 5.41) is 5.73. The van der Waals surface area contributed by atoms with Crippen LogP contribution in [-0.2, 0) is 9.53 Å². The molecule has 1 N–H and O–H groups in total. The van der Waals surface area contributed by atoms with Crippen molar-refractivity contribution in [2.75, 3.05) is 11.9 Å². The van der Waals surface area contributed by atoms with Crippen molar-refractivity contribution in [1.82, 2.24) is 0 Å². The van der Waals surface area contributed by atoms with Crippen LogP contribution >= 0.6 is 22.9 Å². The van der Waals surface area contributed by atoms with E-state index >= 15 is 0 Å². The van der Waals surface area contributed by atoms with E-state index in [4.69, 9.17) is 16.3 Å². The van der Waals surface area contributed by atoms with Crippen LogP contribution in [0.25, 0.3) is 17.2 Å². The maximum absolute atomic E-state index is 12.5. The lowest BCUT2D eigenvalue weighted by Crippen LogP contribution is -2.12. The smallest absolute Gasteiger partial charge is 0.341 e. The number of carbonyl (C=O) groups excluding carboxylic acids is 2. The molecule has 0 spiro atoms. The summed E-state index contributed by atoms with van der Waals surface area (Å²) in [6.45, 7) is 2.01. The van der Waals surface area contributed by atoms with Crippen LogP contribution in [0.4, 0.5) is 5.00 Å². The van der Waals surface area contributed by atoms with Gasteiger partial charge in [0.15, 0.2) is 0 Å². The summed E-state index contributed by atoms with van der Waals surface area (Å²) in [5.41, 5.74) is 2.84. The molecule has 0 saturated heterocycles. The SMILES string of the molecule is CCOC(=O)c1c(-c2ccccc2)csc1NC(=O)/C=C/c1ccc(Cl)cc1. The summed E-state index contributed by atoms with van der Waals surface area (Å²) in [4.78, 5) is 24.9. The Kier molecular flexibility index (Phi) is 6.63. The number of ether oxygens (including phenoxy) is 1. The summed E-state index contributed by atoms with van der Waals surface area (Å²) >= 11 is 7.15. The second-order valence-electron chi connectivity index (χ2n) is 5.81. The van der Waals surface area contributed by atoms with Crippen molar-refractivity contribution in [2.45, 2.75) is 6.92 Å². The molecule has 0 saturated carbocycles. The van der Waals surface area contributed by atoms with Gasteiger partial charge in [-0.2, -0.15) is 0 Å². The maximum Gasteiger partial charge on any atom is 0.341 e. The Morgan fingerprint density at radius 3 is 2.50 bits per heavy atom. The summed E-state index contributed by atoms with van der Waals surface area (Å²) < 4.78 is 5.20. The number of esters is 1. The normalized spacial score (nSPS) is 10.8. The quantitative estimate of drug-likeness (QED) is 0.406. The summed E-state index contributed by atoms with van der Waals surface area (Å²) in [6, 6.07) is 16.7. The molecule has 3 aromatic rings. The van der Waals surface area contributed by atoms with E-state index in [1.54, 1.807) is 25.1 Å². The van der Waals surface area contributed by atoms with E-state index < -0.39 is 5.97 Å². The van der Waals surface area contributed by atoms with Gasteiger partial charge in [0.2, 0.25) is 5.91 Å². The van der Waals surface area contributed by atoms with Gasteiger partial charge in [0, 0.05) is 22.0 Å². The molecule has 1 aromatic heterocycles. The van der Waals surface area contributed by atoms with Gasteiger partial charge in [0.05, 0.1) is 6.61 Å². The molecule has 0 aliphatic carbocycles. The third-order valence-electron chi connectivity index (χ3n) is 3.89. The van der Waals surface area contributed by atoms with E-state index in [2.05, 4.69) is 5.32 Å². The highest BCUT2D eigenvalue weighted by Gasteiger charge is 2.22. The largest absolute Gasteiger partial charge is 0.462 e. The fourth-order valence-corrected chi connectivity index (χ4v) is 3.67. The van der Waals surface area contributed by atoms with Crippen LogP contribution in [0, 0.1) is 0 Å². The van der Waals surface area contributed by atoms with E-state index in [1.165, 1.54) is 17.4 Å². The molecule has 6 heteroatoms. The van der Waals surface area contributed by atoms with Gasteiger partial charge >= 0.3 is 5.97 Å². The van der Waals surface area contributed by atoms with Crippen molar-refractivity contribution in [1.29, 1.82) is 0 Å². The van der Waals surface area contributed by atoms with Crippen molar-refractivity contribution in [3.8, 4) is 11.1 Å². The van der Waals surface area contributed by atoms with Crippen LogP contribution in [0.1, 0.15) is 22.8 Å². The average Bonchev–Trinajstić information content (AvgIpc) is 3.12. The standard InChI is InChI=1S/C22H18ClNO3S/c1-2-27-22(26)20-18(16-6-4-3-5-7-16)14-28-21(20)24-19(25)13-10-15-8-11-17(23)12-9-15/h3-14H,2H2,1H3,(H,24,25)/b13-10+. The number of rotatable bonds is 6. The Morgan fingerprint density at radius 2 is 1.82 bits per heavy atom. The van der Waals surface area contributed by atoms with Crippen LogP contribution in [0.2, 0.25) is 5.02 Å². The average molecular weight is 412 g/mol. The molecule has 4 nitrogen and oxygen atoms in total. The van der Waals surface area contributed by atoms with Crippen LogP contribution in [0.3, 0.4) is 0 Å². The van der Waals surface area contributed by atoms with E-state index in [0.717, 1.165) is 16.7 Å². The minimum Gasteiger partial charge on any atom is -0.462 e. The number of hydrogen-bond donors (Lipinski definition) is 1. The monoisotopic (exact) mass is 411 g/mol. The van der Waals surface area contributed by atoms with Crippen molar-refractivity contribution >= 4 is 45.9 Å². The Morgan fingerprint density at radius 1 is 1.11 bits per heavy atom. The van der Waals surface area contributed by atoms with Crippen LogP contribution < -0.4 is 5.32 Å². The third kappa shape index (κ3) is 4.88. The zero-order chi connectivity index (χ0) is 19.9. The van der Waals surface area contributed by atoms with Crippen molar-refractivity contribution in [3.63, 3.8) is 0 Å². The van der Waals surface area contributed by atoms with E-state index in [1.807, 2.05) is 47.8 Å². The van der Waals surface area contributed by atoms with Gasteiger partial charge in [0.25, 0.3) is 0 Å². The van der Waals surface area contributed by atoms with E-state index in [0.29, 0.717) is 15.6 Å². The second-order valence-corrected chi connectivity index (χ2v) is 7.13. The Hall–Kier alpha value is -2.89. The molecule has 28 heavy (non-hydrogen) atoms. The number of hydrogen-bond acceptors (Lipinski definition) is 4. The Balaban J connectivity index is 1.84. The lowest BCUT2D eigenvalue weighted by atomic mass is 10.0. The minimum absolute atomic E-state index is 0.257. The second kappa shape index (κ2) is 9.35. The zero-order valence-electron chi connectivity index (χ0n) is 15.1. The molecule has 0 aliphatic rings. The molecule has 3 rings (SSSR count). The fraction of sp³-hybridized carbons (Fsp3) is 0.0909. The molecule has 0 aliphatic heterocycles. The molecule has 0 unspecified atom stereocenters. The predicted octanol–water partition coefficient (Wildman–Crippen LogP) is 5.90. The molecule has 1 heterocycles. The van der Waals surface area contributed by atoms with Crippen LogP contribution in [0.5, 0.6) is 0 Å². The summed E-state index contributed by atoms with van der Waals surface area (Å²) in [5.74, 6) is -0.790. The van der Waals surface area contributed by atoms with Gasteiger partial charge in [-0.1, -0.05) is 54.1 Å². The van der Waals surface area contributed by atoms with Crippen LogP contribution in [-0.4, -0.2) is 18.5 Å². The molecule has 0 atom stereocenters. The number of nitrogens with one attached hydrogen (secondary N) is 1. The molecule has 0 radical (unpaired) electrons. The first-order valence-electron chi connectivity index (χ1n) is 8.67. The molecule has 0 fully saturated rings. The van der Waals surface area contributed by atoms with Gasteiger partial charge in [-0.25, -0.2) is 4.79 Å². The highest BCUT2D eigenvalue weighted by atomic mass is 35.5. The first-order chi connectivity index (χ1) is 13.6. The van der Waals surface area contributed by atoms with Gasteiger partial charge in [-0.05, 0) is 36.3 Å². The fourth-order valence-electron chi connectivity index (χ4n) is 2.59. The zero-order valence-corrected chi connectivity index (χ0v) is 16.7. The maximum atomic E-state index is 12.5. The van der Waals surface area contributed by atoms with Crippen molar-refractivity contribution in [3.05, 3.63) is 82.2 Å². The Labute approximate surface area is 172 Å². The van der Waals surface area contributed by atoms with Crippen molar-refractivity contribution in [2.24, 2.45) is 0 Å². The molecule has 0 bridgehead atoms. The van der Waals surface area contributed by atoms with E-state index in [9.17, 15) is 9.59 Å². The summed E-state index contributed by atoms with van der Waals surface area (Å²) in [7, 11) is 0. The first kappa shape index (κ1) is 19.9. The third-order valence-corrected chi connectivity index (χ3v) is 5.04. The highest BCUT2D eigenvalue weighted by molar-refractivity contribution is 7.15. The molecule has 2 aromatic carbocycles. The highest BCUT2D eigenvalue weighted by Crippen LogP contribution is 2.36. The molecule has 142 valence electrons. The predicted molar refractivity (Wildman–Crippen MR) is 115 cm³/mol. The summed E-state index contributed by atoms with van der Waals surface area (Å²) in [6.07, 6.45) is 3.10. The number of benzene rings is 2. The number of carbonyl (C=O) groups is 2. The number of amides is 1. The molecular formula is C22H18ClNO3S. The van der Waals surface area contributed by atoms with Gasteiger partial charge < -0.3 is 10.1 Å². The number of thiophene rings is 1. The van der Waals surface area contributed by atoms with Crippen LogP contribution in [0.15, 0.2) is 66.1 Å². The number of anilines is 1. The minimum atomic E-state index is -0.459.